The molecule has 0 spiro atoms. The summed E-state index contributed by atoms with van der Waals surface area (Å²) in [6, 6.07) is 30.7. The third kappa shape index (κ3) is 5.29. The summed E-state index contributed by atoms with van der Waals surface area (Å²) in [4.78, 5) is 9.87. The Hall–Kier alpha value is -3.75. The van der Waals surface area contributed by atoms with Gasteiger partial charge in [0.05, 0.1) is 16.6 Å². The molecule has 0 radical (unpaired) electrons. The van der Waals surface area contributed by atoms with E-state index in [1.807, 2.05) is 25.4 Å². The van der Waals surface area contributed by atoms with E-state index >= 15 is 0 Å². The van der Waals surface area contributed by atoms with Crippen LogP contribution in [0.5, 0.6) is 5.75 Å². The van der Waals surface area contributed by atoms with E-state index in [1.165, 1.54) is 5.56 Å². The molecule has 0 bridgehead atoms. The van der Waals surface area contributed by atoms with Gasteiger partial charge in [0.1, 0.15) is 11.6 Å². The maximum absolute atomic E-state index is 10.9. The summed E-state index contributed by atoms with van der Waals surface area (Å²) in [6.07, 6.45) is 1.85. The minimum atomic E-state index is -0.0447. The fourth-order valence-electron chi connectivity index (χ4n) is 5.47. The van der Waals surface area contributed by atoms with E-state index in [9.17, 15) is 5.11 Å². The molecule has 42 heavy (non-hydrogen) atoms. The molecule has 0 saturated carbocycles. The molecular weight excluding hydrogens is 698 g/mol. The summed E-state index contributed by atoms with van der Waals surface area (Å²) in [7, 11) is 2.01. The van der Waals surface area contributed by atoms with Crippen LogP contribution < -0.4 is 0 Å². The molecule has 6 rings (SSSR count). The number of imidazole rings is 1. The average molecular weight is 734 g/mol. The van der Waals surface area contributed by atoms with Gasteiger partial charge in [-0.15, -0.1) is 35.4 Å². The molecule has 0 aliphatic rings. The Bertz CT molecular complexity index is 1940. The first-order valence-electron chi connectivity index (χ1n) is 14.1. The zero-order chi connectivity index (χ0) is 29.1. The van der Waals surface area contributed by atoms with Crippen molar-refractivity contribution in [1.82, 2.24) is 14.5 Å². The maximum atomic E-state index is 10.9. The molecule has 0 aliphatic heterocycles. The first-order chi connectivity index (χ1) is 19.4. The fraction of sp³-hybridized carbons (Fsp3) is 0.243. The van der Waals surface area contributed by atoms with Crippen LogP contribution in [-0.4, -0.2) is 19.6 Å². The fourth-order valence-corrected chi connectivity index (χ4v) is 5.47. The quantitative estimate of drug-likeness (QED) is 0.185. The molecule has 216 valence electrons. The van der Waals surface area contributed by atoms with Crippen molar-refractivity contribution in [3.63, 3.8) is 0 Å². The monoisotopic (exact) mass is 733 g/mol. The van der Waals surface area contributed by atoms with Gasteiger partial charge >= 0.3 is 0 Å². The molecule has 2 heterocycles. The van der Waals surface area contributed by atoms with Crippen molar-refractivity contribution in [1.29, 1.82) is 0 Å². The van der Waals surface area contributed by atoms with Crippen LogP contribution >= 0.6 is 0 Å². The van der Waals surface area contributed by atoms with Gasteiger partial charge in [-0.1, -0.05) is 89.1 Å². The Morgan fingerprint density at radius 3 is 2.07 bits per heavy atom. The van der Waals surface area contributed by atoms with E-state index in [1.54, 1.807) is 6.07 Å². The number of hydrogen-bond acceptors (Lipinski definition) is 3. The minimum absolute atomic E-state index is 0. The number of aryl methyl sites for hydroxylation is 1. The molecule has 0 saturated heterocycles. The maximum Gasteiger partial charge on any atom is 0.143 e. The SMILES string of the molecule is Cn1c(-c2cc(C(C)(C)C)ccc2O)nc2c(-c3[c-]c(-c4cc(C(C)(C)C)cc5cccnc45)ccc3)cccc21.[Pt]. The zero-order valence-corrected chi connectivity index (χ0v) is 27.5. The number of nitrogens with zero attached hydrogens (tertiary/aromatic N) is 3. The number of aromatic hydroxyl groups is 1. The second kappa shape index (κ2) is 10.8. The van der Waals surface area contributed by atoms with Gasteiger partial charge in [0.2, 0.25) is 0 Å². The van der Waals surface area contributed by atoms with Crippen LogP contribution in [0.1, 0.15) is 52.7 Å². The first kappa shape index (κ1) is 29.7. The Morgan fingerprint density at radius 2 is 1.36 bits per heavy atom. The predicted molar refractivity (Wildman–Crippen MR) is 170 cm³/mol. The summed E-state index contributed by atoms with van der Waals surface area (Å²) >= 11 is 0. The molecule has 2 aromatic heterocycles. The molecule has 1 N–H and O–H groups in total. The largest absolute Gasteiger partial charge is 0.507 e. The predicted octanol–water partition coefficient (Wildman–Crippen LogP) is 9.22. The topological polar surface area (TPSA) is 50.9 Å². The molecule has 5 heteroatoms. The van der Waals surface area contributed by atoms with Crippen LogP contribution in [0.15, 0.2) is 85.1 Å². The molecule has 0 unspecified atom stereocenters. The van der Waals surface area contributed by atoms with Crippen molar-refractivity contribution in [3.8, 4) is 39.4 Å². The van der Waals surface area contributed by atoms with Gasteiger partial charge in [-0.2, -0.15) is 0 Å². The molecule has 0 fully saturated rings. The molecule has 4 aromatic carbocycles. The number of aromatic nitrogens is 3. The number of para-hydroxylation sites is 1. The molecule has 4 nitrogen and oxygen atoms in total. The van der Waals surface area contributed by atoms with Gasteiger partial charge in [0.25, 0.3) is 0 Å². The van der Waals surface area contributed by atoms with E-state index in [0.29, 0.717) is 0 Å². The van der Waals surface area contributed by atoms with E-state index in [0.717, 1.165) is 61.1 Å². The number of rotatable bonds is 3. The first-order valence-corrected chi connectivity index (χ1v) is 14.1. The van der Waals surface area contributed by atoms with Gasteiger partial charge in [-0.3, -0.25) is 4.98 Å². The van der Waals surface area contributed by atoms with Crippen LogP contribution in [0.25, 0.3) is 55.6 Å². The van der Waals surface area contributed by atoms with Crippen molar-refractivity contribution in [2.45, 2.75) is 52.4 Å². The van der Waals surface area contributed by atoms with E-state index < -0.39 is 0 Å². The van der Waals surface area contributed by atoms with Crippen LogP contribution in [0.2, 0.25) is 0 Å². The average Bonchev–Trinajstić information content (AvgIpc) is 3.27. The van der Waals surface area contributed by atoms with Gasteiger partial charge in [0.15, 0.2) is 0 Å². The van der Waals surface area contributed by atoms with E-state index in [-0.39, 0.29) is 37.6 Å². The molecule has 0 aliphatic carbocycles. The van der Waals surface area contributed by atoms with Crippen molar-refractivity contribution in [3.05, 3.63) is 102 Å². The molecule has 6 aromatic rings. The molecule has 0 atom stereocenters. The van der Waals surface area contributed by atoms with Crippen LogP contribution in [0.4, 0.5) is 0 Å². The van der Waals surface area contributed by atoms with Crippen molar-refractivity contribution < 1.29 is 26.2 Å². The van der Waals surface area contributed by atoms with Crippen LogP contribution in [0.3, 0.4) is 0 Å². The third-order valence-electron chi connectivity index (χ3n) is 7.96. The summed E-state index contributed by atoms with van der Waals surface area (Å²) < 4.78 is 2.06. The van der Waals surface area contributed by atoms with Gasteiger partial charge < -0.3 is 9.67 Å². The van der Waals surface area contributed by atoms with Crippen molar-refractivity contribution in [2.24, 2.45) is 7.05 Å². The van der Waals surface area contributed by atoms with Gasteiger partial charge in [-0.25, -0.2) is 4.98 Å². The summed E-state index contributed by atoms with van der Waals surface area (Å²) in [6.45, 7) is 13.2. The van der Waals surface area contributed by atoms with Crippen molar-refractivity contribution in [2.75, 3.05) is 0 Å². The Kier molecular flexibility index (Phi) is 7.66. The Labute approximate surface area is 262 Å². The number of fused-ring (bicyclic) bond motifs is 2. The number of pyridine rings is 1. The summed E-state index contributed by atoms with van der Waals surface area (Å²) in [5, 5.41) is 12.0. The normalized spacial score (nSPS) is 12.1. The van der Waals surface area contributed by atoms with E-state index in [2.05, 4.69) is 113 Å². The molecule has 0 amide bonds. The standard InChI is InChI=1S/C37H36N3O.Pt/c1-36(2,3)26-16-17-32(41)30(21-26)35-39-34-28(14-9-15-31(34)40(35)7)23-11-8-12-24(19-23)29-22-27(37(4,5)6)20-25-13-10-18-38-33(25)29;/h8-18,20-22,41H,1-7H3;/q-1;. The molecular formula is C37H36N3OPt-. The Balaban J connectivity index is 0.00000353. The minimum Gasteiger partial charge on any atom is -0.507 e. The Morgan fingerprint density at radius 1 is 0.690 bits per heavy atom. The van der Waals surface area contributed by atoms with Crippen LogP contribution in [0, 0.1) is 6.07 Å². The number of phenols is 1. The summed E-state index contributed by atoms with van der Waals surface area (Å²) in [5.41, 5.74) is 10.0. The van der Waals surface area contributed by atoms with Crippen LogP contribution in [-0.2, 0) is 38.9 Å². The number of benzene rings is 4. The summed E-state index contributed by atoms with van der Waals surface area (Å²) in [5.74, 6) is 0.963. The zero-order valence-electron chi connectivity index (χ0n) is 25.2. The van der Waals surface area contributed by atoms with E-state index in [4.69, 9.17) is 9.97 Å². The second-order valence-electron chi connectivity index (χ2n) is 13.0. The number of hydrogen-bond donors (Lipinski definition) is 1. The van der Waals surface area contributed by atoms with Gasteiger partial charge in [-0.05, 0) is 51.6 Å². The smallest absolute Gasteiger partial charge is 0.143 e. The van der Waals surface area contributed by atoms with Crippen molar-refractivity contribution >= 4 is 21.9 Å². The number of phenolic OH excluding ortho intramolecular Hbond substituents is 1. The second-order valence-corrected chi connectivity index (χ2v) is 13.0. The third-order valence-corrected chi connectivity index (χ3v) is 7.96. The van der Waals surface area contributed by atoms with Gasteiger partial charge in [0, 0.05) is 39.8 Å².